The topological polar surface area (TPSA) is 82.6 Å². The van der Waals surface area contributed by atoms with E-state index in [1.54, 1.807) is 38.3 Å². The molecule has 1 aliphatic carbocycles. The maximum atomic E-state index is 13.2. The van der Waals surface area contributed by atoms with Crippen LogP contribution in [0.1, 0.15) is 42.6 Å². The number of Topliss-reactive ketones (excluding diaryl/α,β-unsaturated/α-hetero) is 3. The number of aryl methyl sites for hydroxylation is 1. The van der Waals surface area contributed by atoms with E-state index in [9.17, 15) is 14.4 Å². The smallest absolute Gasteiger partial charge is 0.279 e. The summed E-state index contributed by atoms with van der Waals surface area (Å²) in [5.41, 5.74) is 1.22. The molecule has 6 nitrogen and oxygen atoms in total. The van der Waals surface area contributed by atoms with Crippen molar-refractivity contribution in [3.63, 3.8) is 0 Å². The maximum Gasteiger partial charge on any atom is 0.279 e. The number of hydrogen-bond donors (Lipinski definition) is 0. The van der Waals surface area contributed by atoms with Crippen LogP contribution in [0.2, 0.25) is 0 Å². The molecule has 160 valence electrons. The third kappa shape index (κ3) is 3.97. The second-order valence-corrected chi connectivity index (χ2v) is 9.56. The second-order valence-electron chi connectivity index (χ2n) is 8.57. The summed E-state index contributed by atoms with van der Waals surface area (Å²) in [7, 11) is 1.57. The summed E-state index contributed by atoms with van der Waals surface area (Å²) in [6.45, 7) is 5.53. The molecule has 31 heavy (non-hydrogen) atoms. The summed E-state index contributed by atoms with van der Waals surface area (Å²) >= 11 is 1.35. The van der Waals surface area contributed by atoms with Crippen LogP contribution in [-0.2, 0) is 9.59 Å². The lowest BCUT2D eigenvalue weighted by Crippen LogP contribution is -2.42. The van der Waals surface area contributed by atoms with Gasteiger partial charge < -0.3 is 9.47 Å². The molecule has 0 N–H and O–H groups in total. The summed E-state index contributed by atoms with van der Waals surface area (Å²) in [5, 5.41) is 0.416. The van der Waals surface area contributed by atoms with Crippen molar-refractivity contribution >= 4 is 38.9 Å². The van der Waals surface area contributed by atoms with Crippen molar-refractivity contribution < 1.29 is 23.9 Å². The molecule has 1 fully saturated rings. The Balaban J connectivity index is 1.66. The zero-order valence-corrected chi connectivity index (χ0v) is 18.7. The number of ether oxygens (including phenoxy) is 2. The quantitative estimate of drug-likeness (QED) is 0.405. The Hall–Kier alpha value is -3.06. The summed E-state index contributed by atoms with van der Waals surface area (Å²) in [6.07, 6.45) is 0.452. The predicted octanol–water partition coefficient (Wildman–Crippen LogP) is 5.16. The van der Waals surface area contributed by atoms with Crippen molar-refractivity contribution in [2.24, 2.45) is 11.3 Å². The average molecular weight is 438 g/mol. The molecule has 0 radical (unpaired) electrons. The SMILES string of the molecule is COc1ccccc1Oc1nc2c(C)c(C(=O)C3C(=O)CC(C)(C)CC3=O)ccc2s1. The lowest BCUT2D eigenvalue weighted by Gasteiger charge is -2.31. The number of rotatable bonds is 5. The Labute approximate surface area is 184 Å². The van der Waals surface area contributed by atoms with Crippen molar-refractivity contribution in [1.29, 1.82) is 0 Å². The van der Waals surface area contributed by atoms with Gasteiger partial charge >= 0.3 is 0 Å². The molecule has 0 spiro atoms. The number of thiazole rings is 1. The number of ketones is 3. The molecule has 0 saturated heterocycles. The van der Waals surface area contributed by atoms with Crippen LogP contribution in [0.25, 0.3) is 10.2 Å². The molecule has 3 aromatic rings. The van der Waals surface area contributed by atoms with Gasteiger partial charge in [-0.2, -0.15) is 0 Å². The Bertz CT molecular complexity index is 1190. The van der Waals surface area contributed by atoms with Crippen LogP contribution < -0.4 is 9.47 Å². The zero-order valence-electron chi connectivity index (χ0n) is 17.9. The first kappa shape index (κ1) is 21.2. The van der Waals surface area contributed by atoms with Crippen LogP contribution in [0.4, 0.5) is 0 Å². The fraction of sp³-hybridized carbons (Fsp3) is 0.333. The molecule has 2 aromatic carbocycles. The highest BCUT2D eigenvalue weighted by atomic mass is 32.1. The molecule has 0 atom stereocenters. The van der Waals surface area contributed by atoms with Crippen molar-refractivity contribution in [3.05, 3.63) is 47.5 Å². The normalized spacial score (nSPS) is 16.5. The summed E-state index contributed by atoms with van der Waals surface area (Å²) < 4.78 is 12.1. The van der Waals surface area contributed by atoms with Gasteiger partial charge in [-0.3, -0.25) is 14.4 Å². The lowest BCUT2D eigenvalue weighted by atomic mass is 9.69. The van der Waals surface area contributed by atoms with Crippen LogP contribution in [0.5, 0.6) is 16.7 Å². The molecule has 1 aliphatic rings. The fourth-order valence-electron chi connectivity index (χ4n) is 4.05. The first-order valence-corrected chi connectivity index (χ1v) is 10.8. The van der Waals surface area contributed by atoms with Crippen LogP contribution in [0, 0.1) is 18.3 Å². The van der Waals surface area contributed by atoms with E-state index >= 15 is 0 Å². The molecule has 0 amide bonds. The first-order chi connectivity index (χ1) is 14.7. The number of benzene rings is 2. The van der Waals surface area contributed by atoms with Crippen LogP contribution >= 0.6 is 11.3 Å². The van der Waals surface area contributed by atoms with E-state index in [1.807, 2.05) is 26.0 Å². The van der Waals surface area contributed by atoms with E-state index in [4.69, 9.17) is 9.47 Å². The van der Waals surface area contributed by atoms with E-state index in [2.05, 4.69) is 4.98 Å². The molecular formula is C24H23NO5S. The number of para-hydroxylation sites is 2. The number of aromatic nitrogens is 1. The van der Waals surface area contributed by atoms with Gasteiger partial charge in [-0.05, 0) is 42.2 Å². The molecule has 4 rings (SSSR count). The number of methoxy groups -OCH3 is 1. The van der Waals surface area contributed by atoms with Gasteiger partial charge in [0.05, 0.1) is 17.3 Å². The highest BCUT2D eigenvalue weighted by Gasteiger charge is 2.44. The van der Waals surface area contributed by atoms with Gasteiger partial charge in [-0.15, -0.1) is 0 Å². The lowest BCUT2D eigenvalue weighted by molar-refractivity contribution is -0.137. The molecule has 7 heteroatoms. The monoisotopic (exact) mass is 437 g/mol. The highest BCUT2D eigenvalue weighted by Crippen LogP contribution is 2.39. The number of hydrogen-bond acceptors (Lipinski definition) is 7. The molecular weight excluding hydrogens is 414 g/mol. The first-order valence-electron chi connectivity index (χ1n) is 10.0. The van der Waals surface area contributed by atoms with Crippen molar-refractivity contribution in [2.75, 3.05) is 7.11 Å². The minimum Gasteiger partial charge on any atom is -0.493 e. The number of carbonyl (C=O) groups excluding carboxylic acids is 3. The number of fused-ring (bicyclic) bond motifs is 1. The molecule has 1 heterocycles. The molecule has 0 aliphatic heterocycles. The van der Waals surface area contributed by atoms with Gasteiger partial charge in [0, 0.05) is 18.4 Å². The van der Waals surface area contributed by atoms with Crippen molar-refractivity contribution in [1.82, 2.24) is 4.98 Å². The predicted molar refractivity (Wildman–Crippen MR) is 118 cm³/mol. The molecule has 0 bridgehead atoms. The number of carbonyl (C=O) groups is 3. The summed E-state index contributed by atoms with van der Waals surface area (Å²) in [5.74, 6) is -1.13. The Morgan fingerprint density at radius 2 is 1.71 bits per heavy atom. The molecule has 0 unspecified atom stereocenters. The van der Waals surface area contributed by atoms with E-state index < -0.39 is 17.1 Å². The van der Waals surface area contributed by atoms with Gasteiger partial charge in [0.15, 0.2) is 28.8 Å². The summed E-state index contributed by atoms with van der Waals surface area (Å²) in [4.78, 5) is 42.9. The maximum absolute atomic E-state index is 13.2. The van der Waals surface area contributed by atoms with E-state index in [0.29, 0.717) is 33.3 Å². The average Bonchev–Trinajstić information content (AvgIpc) is 3.10. The van der Waals surface area contributed by atoms with Gasteiger partial charge in [0.2, 0.25) is 0 Å². The number of nitrogens with zero attached hydrogens (tertiary/aromatic N) is 1. The third-order valence-corrected chi connectivity index (χ3v) is 6.44. The largest absolute Gasteiger partial charge is 0.493 e. The minimum absolute atomic E-state index is 0.226. The van der Waals surface area contributed by atoms with Gasteiger partial charge in [-0.25, -0.2) is 4.98 Å². The van der Waals surface area contributed by atoms with Crippen LogP contribution in [0.3, 0.4) is 0 Å². The van der Waals surface area contributed by atoms with Crippen molar-refractivity contribution in [2.45, 2.75) is 33.6 Å². The van der Waals surface area contributed by atoms with Crippen LogP contribution in [-0.4, -0.2) is 29.4 Å². The summed E-state index contributed by atoms with van der Waals surface area (Å²) in [6, 6.07) is 10.7. The molecule has 1 saturated carbocycles. The van der Waals surface area contributed by atoms with E-state index in [1.165, 1.54) is 11.3 Å². The van der Waals surface area contributed by atoms with Gasteiger partial charge in [0.25, 0.3) is 5.19 Å². The molecule has 1 aromatic heterocycles. The van der Waals surface area contributed by atoms with E-state index in [0.717, 1.165) is 4.70 Å². The van der Waals surface area contributed by atoms with Crippen LogP contribution in [0.15, 0.2) is 36.4 Å². The van der Waals surface area contributed by atoms with Gasteiger partial charge in [-0.1, -0.05) is 37.3 Å². The minimum atomic E-state index is -1.22. The Morgan fingerprint density at radius 3 is 2.35 bits per heavy atom. The van der Waals surface area contributed by atoms with E-state index in [-0.39, 0.29) is 24.4 Å². The van der Waals surface area contributed by atoms with Gasteiger partial charge in [0.1, 0.15) is 5.92 Å². The third-order valence-electron chi connectivity index (χ3n) is 5.54. The van der Waals surface area contributed by atoms with Crippen molar-refractivity contribution in [3.8, 4) is 16.7 Å². The zero-order chi connectivity index (χ0) is 22.3. The standard InChI is InChI=1S/C24H23NO5S/c1-13-14(22(28)20-15(26)11-24(2,3)12-16(20)27)9-10-19-21(13)25-23(31-19)30-18-8-6-5-7-17(18)29-4/h5-10,20H,11-12H2,1-4H3. The second kappa shape index (κ2) is 7.89. The highest BCUT2D eigenvalue weighted by molar-refractivity contribution is 7.20. The Kier molecular flexibility index (Phi) is 5.39. The fourth-order valence-corrected chi connectivity index (χ4v) is 4.94. The Morgan fingerprint density at radius 1 is 1.06 bits per heavy atom.